The maximum atomic E-state index is 11.9. The van der Waals surface area contributed by atoms with Gasteiger partial charge in [-0.15, -0.1) is 0 Å². The summed E-state index contributed by atoms with van der Waals surface area (Å²) in [5.74, 6) is 1.12. The summed E-state index contributed by atoms with van der Waals surface area (Å²) in [7, 11) is 1.60. The molecule has 0 spiro atoms. The summed E-state index contributed by atoms with van der Waals surface area (Å²) in [5.41, 5.74) is 1.49. The smallest absolute Gasteiger partial charge is 0.275 e. The van der Waals surface area contributed by atoms with Gasteiger partial charge in [-0.3, -0.25) is 15.0 Å². The summed E-state index contributed by atoms with van der Waals surface area (Å²) in [6.07, 6.45) is 0. The minimum absolute atomic E-state index is 0.284. The molecule has 21 heavy (non-hydrogen) atoms. The van der Waals surface area contributed by atoms with Crippen molar-refractivity contribution < 1.29 is 4.74 Å². The van der Waals surface area contributed by atoms with Crippen molar-refractivity contribution in [2.45, 2.75) is 0 Å². The van der Waals surface area contributed by atoms with Gasteiger partial charge < -0.3 is 4.74 Å². The lowest BCUT2D eigenvalue weighted by molar-refractivity contribution is 0.415. The second-order valence-corrected chi connectivity index (χ2v) is 4.63. The van der Waals surface area contributed by atoms with Gasteiger partial charge in [-0.05, 0) is 42.5 Å². The zero-order valence-corrected chi connectivity index (χ0v) is 11.8. The van der Waals surface area contributed by atoms with Crippen molar-refractivity contribution >= 4 is 12.2 Å². The Morgan fingerprint density at radius 3 is 2.57 bits per heavy atom. The summed E-state index contributed by atoms with van der Waals surface area (Å²) in [4.78, 5) is 15.9. The van der Waals surface area contributed by atoms with Crippen LogP contribution in [-0.4, -0.2) is 32.5 Å². The number of H-pyrrole nitrogens is 3. The van der Waals surface area contributed by atoms with Crippen molar-refractivity contribution in [3.63, 3.8) is 0 Å². The van der Waals surface area contributed by atoms with Crippen LogP contribution in [0.15, 0.2) is 35.1 Å². The van der Waals surface area contributed by atoms with E-state index >= 15 is 0 Å². The van der Waals surface area contributed by atoms with Crippen molar-refractivity contribution in [3.8, 4) is 28.4 Å². The van der Waals surface area contributed by atoms with Crippen molar-refractivity contribution in [2.24, 2.45) is 0 Å². The number of hydrogen-bond donors (Lipinski definition) is 3. The quantitative estimate of drug-likeness (QED) is 0.642. The highest BCUT2D eigenvalue weighted by Crippen LogP contribution is 2.21. The Balaban J connectivity index is 2.08. The molecule has 2 heterocycles. The summed E-state index contributed by atoms with van der Waals surface area (Å²) in [5, 5.41) is 11.9. The fourth-order valence-corrected chi connectivity index (χ4v) is 2.03. The molecule has 0 aliphatic rings. The Kier molecular flexibility index (Phi) is 3.36. The lowest BCUT2D eigenvalue weighted by Crippen LogP contribution is -2.12. The van der Waals surface area contributed by atoms with Crippen LogP contribution in [0.25, 0.3) is 22.6 Å². The van der Waals surface area contributed by atoms with Gasteiger partial charge >= 0.3 is 0 Å². The molecule has 0 aliphatic carbocycles. The van der Waals surface area contributed by atoms with E-state index in [1.807, 2.05) is 24.3 Å². The molecule has 3 N–H and O–H groups in total. The van der Waals surface area contributed by atoms with Gasteiger partial charge in [0.2, 0.25) is 4.77 Å². The first kappa shape index (κ1) is 13.3. The van der Waals surface area contributed by atoms with Crippen molar-refractivity contribution in [2.75, 3.05) is 7.11 Å². The summed E-state index contributed by atoms with van der Waals surface area (Å²) < 4.78 is 5.40. The maximum Gasteiger partial charge on any atom is 0.275 e. The summed E-state index contributed by atoms with van der Waals surface area (Å²) in [6.45, 7) is 0. The number of hydrogen-bond acceptors (Lipinski definition) is 5. The lowest BCUT2D eigenvalue weighted by Gasteiger charge is -2.04. The average Bonchev–Trinajstić information content (AvgIpc) is 2.94. The van der Waals surface area contributed by atoms with Crippen LogP contribution in [0, 0.1) is 4.77 Å². The van der Waals surface area contributed by atoms with E-state index in [0.29, 0.717) is 17.1 Å². The number of benzene rings is 1. The SMILES string of the molecule is COc1ccc(-c2cc(-c3nc(=S)[nH][nH]3)c(=O)[nH]n2)cc1. The number of methoxy groups -OCH3 is 1. The third kappa shape index (κ3) is 2.61. The molecule has 0 unspecified atom stereocenters. The molecular formula is C13H11N5O2S. The van der Waals surface area contributed by atoms with E-state index in [1.54, 1.807) is 13.2 Å². The van der Waals surface area contributed by atoms with Crippen LogP contribution >= 0.6 is 12.2 Å². The van der Waals surface area contributed by atoms with Gasteiger partial charge in [-0.25, -0.2) is 5.10 Å². The van der Waals surface area contributed by atoms with Crippen molar-refractivity contribution in [3.05, 3.63) is 45.5 Å². The molecule has 2 aromatic heterocycles. The number of rotatable bonds is 3. The van der Waals surface area contributed by atoms with E-state index in [4.69, 9.17) is 17.0 Å². The van der Waals surface area contributed by atoms with Crippen LogP contribution in [-0.2, 0) is 0 Å². The van der Waals surface area contributed by atoms with Crippen LogP contribution < -0.4 is 10.3 Å². The van der Waals surface area contributed by atoms with Crippen LogP contribution in [0.2, 0.25) is 0 Å². The van der Waals surface area contributed by atoms with E-state index in [1.165, 1.54) is 0 Å². The van der Waals surface area contributed by atoms with Gasteiger partial charge in [0, 0.05) is 5.56 Å². The standard InChI is InChI=1S/C13H11N5O2S/c1-20-8-4-2-7(3-5-8)10-6-9(12(19)17-15-10)11-14-13(21)18-16-11/h2-6H,1H3,(H,17,19)(H2,14,16,18,21). The minimum atomic E-state index is -0.343. The molecule has 0 amide bonds. The summed E-state index contributed by atoms with van der Waals surface area (Å²) in [6, 6.07) is 9.02. The molecule has 0 saturated carbocycles. The predicted octanol–water partition coefficient (Wildman–Crippen LogP) is 1.89. The Labute approximate surface area is 124 Å². The van der Waals surface area contributed by atoms with E-state index in [9.17, 15) is 4.79 Å². The summed E-state index contributed by atoms with van der Waals surface area (Å²) >= 11 is 4.89. The predicted molar refractivity (Wildman–Crippen MR) is 79.6 cm³/mol. The van der Waals surface area contributed by atoms with Gasteiger partial charge in [0.05, 0.1) is 18.4 Å². The molecule has 106 valence electrons. The van der Waals surface area contributed by atoms with Crippen LogP contribution in [0.3, 0.4) is 0 Å². The molecule has 0 bridgehead atoms. The Bertz CT molecular complexity index is 878. The van der Waals surface area contributed by atoms with Crippen LogP contribution in [0.5, 0.6) is 5.75 Å². The van der Waals surface area contributed by atoms with E-state index < -0.39 is 0 Å². The second kappa shape index (κ2) is 5.33. The molecule has 3 rings (SSSR count). The first-order chi connectivity index (χ1) is 10.2. The number of aromatic nitrogens is 5. The first-order valence-corrected chi connectivity index (χ1v) is 6.47. The van der Waals surface area contributed by atoms with E-state index in [-0.39, 0.29) is 10.3 Å². The molecule has 0 radical (unpaired) electrons. The number of ether oxygens (including phenoxy) is 1. The van der Waals surface area contributed by atoms with Crippen LogP contribution in [0.1, 0.15) is 0 Å². The molecule has 7 nitrogen and oxygen atoms in total. The third-order valence-electron chi connectivity index (χ3n) is 2.95. The average molecular weight is 301 g/mol. The molecule has 0 atom stereocenters. The van der Waals surface area contributed by atoms with Gasteiger partial charge in [0.25, 0.3) is 5.56 Å². The Hall–Kier alpha value is -2.74. The Morgan fingerprint density at radius 1 is 1.19 bits per heavy atom. The highest BCUT2D eigenvalue weighted by Gasteiger charge is 2.10. The molecule has 0 aliphatic heterocycles. The largest absolute Gasteiger partial charge is 0.497 e. The molecule has 1 aromatic carbocycles. The molecule has 0 saturated heterocycles. The van der Waals surface area contributed by atoms with Crippen LogP contribution in [0.4, 0.5) is 0 Å². The molecule has 3 aromatic rings. The third-order valence-corrected chi connectivity index (χ3v) is 3.14. The molecule has 0 fully saturated rings. The number of nitrogens with one attached hydrogen (secondary N) is 3. The fraction of sp³-hybridized carbons (Fsp3) is 0.0769. The lowest BCUT2D eigenvalue weighted by atomic mass is 10.1. The molecule has 8 heteroatoms. The van der Waals surface area contributed by atoms with Gasteiger partial charge in [-0.2, -0.15) is 10.1 Å². The fourth-order valence-electron chi connectivity index (χ4n) is 1.89. The number of nitrogens with zero attached hydrogens (tertiary/aromatic N) is 2. The second-order valence-electron chi connectivity index (χ2n) is 4.24. The number of aromatic amines is 3. The van der Waals surface area contributed by atoms with E-state index in [0.717, 1.165) is 11.3 Å². The van der Waals surface area contributed by atoms with Crippen molar-refractivity contribution in [1.29, 1.82) is 0 Å². The van der Waals surface area contributed by atoms with Gasteiger partial charge in [-0.1, -0.05) is 0 Å². The zero-order valence-electron chi connectivity index (χ0n) is 11.0. The maximum absolute atomic E-state index is 11.9. The van der Waals surface area contributed by atoms with E-state index in [2.05, 4.69) is 25.4 Å². The first-order valence-electron chi connectivity index (χ1n) is 6.06. The normalized spacial score (nSPS) is 10.5. The van der Waals surface area contributed by atoms with Crippen molar-refractivity contribution in [1.82, 2.24) is 25.4 Å². The highest BCUT2D eigenvalue weighted by atomic mass is 32.1. The zero-order chi connectivity index (χ0) is 14.8. The topological polar surface area (TPSA) is 99.5 Å². The molecular weight excluding hydrogens is 290 g/mol. The van der Waals surface area contributed by atoms with Gasteiger partial charge in [0.15, 0.2) is 5.82 Å². The monoisotopic (exact) mass is 301 g/mol. The van der Waals surface area contributed by atoms with Gasteiger partial charge in [0.1, 0.15) is 5.75 Å². The Morgan fingerprint density at radius 2 is 1.95 bits per heavy atom. The minimum Gasteiger partial charge on any atom is -0.497 e. The highest BCUT2D eigenvalue weighted by molar-refractivity contribution is 7.71.